The van der Waals surface area contributed by atoms with Crippen LogP contribution in [0.3, 0.4) is 0 Å². The summed E-state index contributed by atoms with van der Waals surface area (Å²) in [5, 5.41) is 0.485. The summed E-state index contributed by atoms with van der Waals surface area (Å²) in [7, 11) is 1.60. The van der Waals surface area contributed by atoms with Crippen molar-refractivity contribution >= 4 is 28.7 Å². The molecule has 1 saturated carbocycles. The summed E-state index contributed by atoms with van der Waals surface area (Å²) in [6, 6.07) is 6.24. The lowest BCUT2D eigenvalue weighted by Crippen LogP contribution is -2.36. The number of piperidine rings is 1. The van der Waals surface area contributed by atoms with E-state index in [2.05, 4.69) is 15.0 Å². The third-order valence-electron chi connectivity index (χ3n) is 6.42. The predicted molar refractivity (Wildman–Crippen MR) is 121 cm³/mol. The molecule has 1 N–H and O–H groups in total. The van der Waals surface area contributed by atoms with Crippen LogP contribution in [0.1, 0.15) is 50.6 Å². The quantitative estimate of drug-likeness (QED) is 0.615. The second kappa shape index (κ2) is 8.58. The van der Waals surface area contributed by atoms with Gasteiger partial charge in [0.1, 0.15) is 6.10 Å². The van der Waals surface area contributed by atoms with E-state index in [1.807, 2.05) is 23.1 Å². The lowest BCUT2D eigenvalue weighted by Gasteiger charge is -2.31. The van der Waals surface area contributed by atoms with Crippen molar-refractivity contribution in [1.82, 2.24) is 24.8 Å². The van der Waals surface area contributed by atoms with Gasteiger partial charge < -0.3 is 19.4 Å². The van der Waals surface area contributed by atoms with Crippen LogP contribution in [0.5, 0.6) is 11.9 Å². The Morgan fingerprint density at radius 1 is 1.16 bits per heavy atom. The maximum Gasteiger partial charge on any atom is 0.296 e. The number of methoxy groups -OCH3 is 1. The molecule has 1 aliphatic carbocycles. The van der Waals surface area contributed by atoms with E-state index in [-0.39, 0.29) is 17.9 Å². The van der Waals surface area contributed by atoms with E-state index in [0.29, 0.717) is 33.8 Å². The summed E-state index contributed by atoms with van der Waals surface area (Å²) in [5.74, 6) is 0.892. The van der Waals surface area contributed by atoms with Gasteiger partial charge in [0.15, 0.2) is 5.65 Å². The number of likely N-dealkylation sites (tertiary alicyclic amines) is 1. The smallest absolute Gasteiger partial charge is 0.296 e. The summed E-state index contributed by atoms with van der Waals surface area (Å²) in [6.07, 6.45) is 5.30. The van der Waals surface area contributed by atoms with Gasteiger partial charge in [-0.25, -0.2) is 9.97 Å². The fourth-order valence-corrected chi connectivity index (χ4v) is 4.55. The summed E-state index contributed by atoms with van der Waals surface area (Å²) in [4.78, 5) is 30.6. The average molecular weight is 456 g/mol. The van der Waals surface area contributed by atoms with E-state index in [1.165, 1.54) is 6.42 Å². The number of carbonyl (C=O) groups is 1. The number of amides is 1. The first-order valence-corrected chi connectivity index (χ1v) is 11.4. The molecule has 8 nitrogen and oxygen atoms in total. The number of hydrogen-bond donors (Lipinski definition) is 1. The number of aromatic nitrogens is 4. The van der Waals surface area contributed by atoms with Crippen LogP contribution in [0, 0.1) is 0 Å². The van der Waals surface area contributed by atoms with Gasteiger partial charge in [0.05, 0.1) is 28.9 Å². The van der Waals surface area contributed by atoms with Crippen LogP contribution >= 0.6 is 11.6 Å². The number of halogens is 1. The Labute approximate surface area is 191 Å². The molecule has 5 rings (SSSR count). The fourth-order valence-electron chi connectivity index (χ4n) is 4.30. The number of aromatic amines is 1. The summed E-state index contributed by atoms with van der Waals surface area (Å²) >= 11 is 6.58. The highest BCUT2D eigenvalue weighted by molar-refractivity contribution is 6.33. The monoisotopic (exact) mass is 455 g/mol. The number of carbonyl (C=O) groups excluding carboxylic acids is 1. The van der Waals surface area contributed by atoms with Crippen molar-refractivity contribution in [2.24, 2.45) is 0 Å². The van der Waals surface area contributed by atoms with Crippen molar-refractivity contribution in [2.45, 2.75) is 51.0 Å². The number of ether oxygens (including phenoxy) is 2. The molecular weight excluding hydrogens is 430 g/mol. The van der Waals surface area contributed by atoms with E-state index in [9.17, 15) is 4.79 Å². The standard InChI is InChI=1S/C23H26ClN5O3/c1-13(30)29-10-8-14(9-11-29)18-7-6-16(22(25-18)31-2)20-17(24)12-19-21(27-20)28-23(26-19)32-15-4-3-5-15/h6-7,12,14-15H,3-5,8-11H2,1-2H3,(H,26,27,28). The van der Waals surface area contributed by atoms with E-state index < -0.39 is 0 Å². The highest BCUT2D eigenvalue weighted by Gasteiger charge is 2.25. The Kier molecular flexibility index (Phi) is 5.63. The van der Waals surface area contributed by atoms with Gasteiger partial charge in [-0.2, -0.15) is 4.98 Å². The second-order valence-electron chi connectivity index (χ2n) is 8.48. The number of nitrogens with zero attached hydrogens (tertiary/aromatic N) is 4. The molecule has 2 aliphatic rings. The van der Waals surface area contributed by atoms with Gasteiger partial charge in [-0.1, -0.05) is 11.6 Å². The number of nitrogens with one attached hydrogen (secondary N) is 1. The zero-order valence-corrected chi connectivity index (χ0v) is 19.0. The lowest BCUT2D eigenvalue weighted by atomic mass is 9.92. The first-order chi connectivity index (χ1) is 15.5. The van der Waals surface area contributed by atoms with Crippen molar-refractivity contribution in [3.8, 4) is 23.1 Å². The molecule has 168 valence electrons. The van der Waals surface area contributed by atoms with Gasteiger partial charge >= 0.3 is 0 Å². The minimum atomic E-state index is 0.125. The first kappa shape index (κ1) is 21.0. The Morgan fingerprint density at radius 3 is 2.59 bits per heavy atom. The van der Waals surface area contributed by atoms with Crippen LogP contribution in [0.15, 0.2) is 18.2 Å². The van der Waals surface area contributed by atoms with Crippen LogP contribution in [0.25, 0.3) is 22.4 Å². The third-order valence-corrected chi connectivity index (χ3v) is 6.71. The van der Waals surface area contributed by atoms with E-state index in [0.717, 1.165) is 50.0 Å². The van der Waals surface area contributed by atoms with Gasteiger partial charge in [0.2, 0.25) is 11.8 Å². The van der Waals surface area contributed by atoms with Crippen molar-refractivity contribution in [2.75, 3.05) is 20.2 Å². The highest BCUT2D eigenvalue weighted by atomic mass is 35.5. The minimum Gasteiger partial charge on any atom is -0.480 e. The molecule has 3 aromatic heterocycles. The normalized spacial score (nSPS) is 17.4. The van der Waals surface area contributed by atoms with Crippen molar-refractivity contribution in [1.29, 1.82) is 0 Å². The highest BCUT2D eigenvalue weighted by Crippen LogP contribution is 2.37. The van der Waals surface area contributed by atoms with Gasteiger partial charge in [0, 0.05) is 31.6 Å². The number of fused-ring (bicyclic) bond motifs is 1. The van der Waals surface area contributed by atoms with Gasteiger partial charge in [-0.05, 0) is 50.3 Å². The molecule has 1 saturated heterocycles. The van der Waals surface area contributed by atoms with Gasteiger partial charge in [-0.3, -0.25) is 4.79 Å². The van der Waals surface area contributed by atoms with Gasteiger partial charge in [0.25, 0.3) is 6.01 Å². The molecule has 0 spiro atoms. The predicted octanol–water partition coefficient (Wildman–Crippen LogP) is 4.34. The number of H-pyrrole nitrogens is 1. The fraction of sp³-hybridized carbons (Fsp3) is 0.478. The molecule has 4 heterocycles. The molecule has 1 amide bonds. The minimum absolute atomic E-state index is 0.125. The molecule has 3 aromatic rings. The number of hydrogen-bond acceptors (Lipinski definition) is 6. The molecule has 2 fully saturated rings. The Balaban J connectivity index is 1.42. The second-order valence-corrected chi connectivity index (χ2v) is 8.88. The number of pyridine rings is 2. The Bertz CT molecular complexity index is 1150. The SMILES string of the molecule is COc1nc(C2CCN(C(C)=O)CC2)ccc1-c1nc2nc(OC3CCC3)[nH]c2cc1Cl. The van der Waals surface area contributed by atoms with Crippen molar-refractivity contribution < 1.29 is 14.3 Å². The van der Waals surface area contributed by atoms with E-state index in [1.54, 1.807) is 14.0 Å². The third kappa shape index (κ3) is 3.99. The van der Waals surface area contributed by atoms with Crippen LogP contribution < -0.4 is 9.47 Å². The van der Waals surface area contributed by atoms with Gasteiger partial charge in [-0.15, -0.1) is 0 Å². The largest absolute Gasteiger partial charge is 0.480 e. The first-order valence-electron chi connectivity index (χ1n) is 11.1. The van der Waals surface area contributed by atoms with E-state index >= 15 is 0 Å². The molecule has 9 heteroatoms. The van der Waals surface area contributed by atoms with Crippen LogP contribution in [-0.2, 0) is 4.79 Å². The van der Waals surface area contributed by atoms with Crippen LogP contribution in [-0.4, -0.2) is 57.0 Å². The summed E-state index contributed by atoms with van der Waals surface area (Å²) in [5.41, 5.74) is 3.52. The number of rotatable bonds is 5. The van der Waals surface area contributed by atoms with E-state index in [4.69, 9.17) is 26.1 Å². The molecular formula is C23H26ClN5O3. The average Bonchev–Trinajstić information content (AvgIpc) is 3.16. The van der Waals surface area contributed by atoms with Crippen molar-refractivity contribution in [3.63, 3.8) is 0 Å². The number of imidazole rings is 1. The summed E-state index contributed by atoms with van der Waals surface area (Å²) < 4.78 is 11.5. The topological polar surface area (TPSA) is 93.2 Å². The van der Waals surface area contributed by atoms with Crippen LogP contribution in [0.2, 0.25) is 5.02 Å². The molecule has 0 radical (unpaired) electrons. The summed E-state index contributed by atoms with van der Waals surface area (Å²) in [6.45, 7) is 3.12. The Morgan fingerprint density at radius 2 is 1.94 bits per heavy atom. The Hall–Kier alpha value is -2.87. The van der Waals surface area contributed by atoms with Crippen molar-refractivity contribution in [3.05, 3.63) is 28.9 Å². The molecule has 0 bridgehead atoms. The lowest BCUT2D eigenvalue weighted by molar-refractivity contribution is -0.129. The molecule has 0 atom stereocenters. The van der Waals surface area contributed by atoms with Crippen LogP contribution in [0.4, 0.5) is 0 Å². The zero-order chi connectivity index (χ0) is 22.2. The molecule has 0 aromatic carbocycles. The molecule has 1 aliphatic heterocycles. The maximum atomic E-state index is 11.6. The molecule has 32 heavy (non-hydrogen) atoms. The zero-order valence-electron chi connectivity index (χ0n) is 18.2. The molecule has 0 unspecified atom stereocenters. The maximum absolute atomic E-state index is 11.6.